The van der Waals surface area contributed by atoms with Crippen molar-refractivity contribution in [2.45, 2.75) is 261 Å². The summed E-state index contributed by atoms with van der Waals surface area (Å²) in [5, 5.41) is 242. The Morgan fingerprint density at radius 2 is 0.860 bits per heavy atom. The quantitative estimate of drug-likeness (QED) is 0.0358. The van der Waals surface area contributed by atoms with Gasteiger partial charge >= 0.3 is 0 Å². The van der Waals surface area contributed by atoms with Crippen LogP contribution in [0.4, 0.5) is 0 Å². The number of carbonyl (C=O) groups is 3. The molecule has 7 heterocycles. The summed E-state index contributed by atoms with van der Waals surface area (Å²) in [6.45, 7) is -2.08. The van der Waals surface area contributed by atoms with Crippen LogP contribution in [0.1, 0.15) is 27.7 Å². The molecule has 0 bridgehead atoms. The number of aliphatic hydroxyl groups is 22. The smallest absolute Gasteiger partial charge is 0.217 e. The van der Waals surface area contributed by atoms with Crippen LogP contribution in [0.3, 0.4) is 0 Å². The van der Waals surface area contributed by atoms with Gasteiger partial charge in [0.15, 0.2) is 56.6 Å². The molecule has 0 aromatic heterocycles. The van der Waals surface area contributed by atoms with Crippen molar-refractivity contribution in [3.63, 3.8) is 0 Å². The van der Waals surface area contributed by atoms with Crippen molar-refractivity contribution in [1.29, 1.82) is 0 Å². The molecule has 2 unspecified atom stereocenters. The number of rotatable bonds is 26. The van der Waals surface area contributed by atoms with Crippen LogP contribution in [-0.4, -0.2) is 403 Å². The van der Waals surface area contributed by atoms with Crippen LogP contribution in [0.15, 0.2) is 0 Å². The van der Waals surface area contributed by atoms with E-state index in [0.29, 0.717) is 0 Å². The fraction of sp³-hybridized carbons (Fsp3) is 0.942. The van der Waals surface area contributed by atoms with Crippen molar-refractivity contribution < 1.29 is 193 Å². The summed E-state index contributed by atoms with van der Waals surface area (Å²) in [6.07, 6.45) is -72.7. The second kappa shape index (κ2) is 33.8. The summed E-state index contributed by atoms with van der Waals surface area (Å²) < 4.78 is 83.0. The van der Waals surface area contributed by atoms with Crippen molar-refractivity contribution in [3.8, 4) is 0 Å². The SMILES string of the molecule is CC(=O)N[C@H]1[C@H](OC[C@H]2O[C@@H](OC([C@H](O)CO)[C@H](O)[C@@H](O)C=O)[C@H](C)[C@@H](O[C@@H]3O[C@H](CO)[C@@H](O)C(O[C@@H]4O[C@H](CO)[C@H](O)[C@H](O)[C@H]4O[C@@H]4O[C@@H](C)[C@@H](O)[C@@H](O)[C@@H]4O)[C@H]3NC(C)=O)[C@H]2O)O[C@H](CO)[C@@H](O[C@@H]2O[C@H](CO)[C@H](O)[C@H](O)[C@H]2O)[C@@H]1O[C@@H]1O[C@@H](O)[C@@H](O)[C@@H](O)[C@@H]1O. The van der Waals surface area contributed by atoms with Crippen LogP contribution in [0, 0.1) is 5.92 Å². The fourth-order valence-electron chi connectivity index (χ4n) is 11.6. The number of hydrogen-bond acceptors (Lipinski definition) is 39. The molecular formula is C52H88N2O39. The highest BCUT2D eigenvalue weighted by Gasteiger charge is 2.59. The van der Waals surface area contributed by atoms with Crippen molar-refractivity contribution in [2.75, 3.05) is 39.6 Å². The summed E-state index contributed by atoms with van der Waals surface area (Å²) in [7, 11) is 0. The molecule has 7 fully saturated rings. The Hall–Kier alpha value is -2.83. The number of amides is 2. The van der Waals surface area contributed by atoms with E-state index in [4.69, 9.17) is 66.3 Å². The number of nitrogens with one attached hydrogen (secondary N) is 2. The van der Waals surface area contributed by atoms with Crippen LogP contribution in [0.2, 0.25) is 0 Å². The largest absolute Gasteiger partial charge is 0.394 e. The van der Waals surface area contributed by atoms with E-state index in [-0.39, 0.29) is 6.29 Å². The molecule has 41 heteroatoms. The van der Waals surface area contributed by atoms with Crippen molar-refractivity contribution in [2.24, 2.45) is 5.92 Å². The van der Waals surface area contributed by atoms with Gasteiger partial charge in [-0.1, -0.05) is 6.92 Å². The lowest BCUT2D eigenvalue weighted by molar-refractivity contribution is -0.391. The molecule has 540 valence electrons. The lowest BCUT2D eigenvalue weighted by Gasteiger charge is -2.51. The van der Waals surface area contributed by atoms with Gasteiger partial charge in [0.1, 0.15) is 171 Å². The summed E-state index contributed by atoms with van der Waals surface area (Å²) in [4.78, 5) is 38.1. The maximum Gasteiger partial charge on any atom is 0.217 e. The predicted molar refractivity (Wildman–Crippen MR) is 286 cm³/mol. The normalized spacial score (nSPS) is 48.0. The number of hydrogen-bond donors (Lipinski definition) is 24. The van der Waals surface area contributed by atoms with Gasteiger partial charge in [0, 0.05) is 19.8 Å². The minimum Gasteiger partial charge on any atom is -0.394 e. The molecule has 0 radical (unpaired) electrons. The molecule has 0 saturated carbocycles. The number of aldehydes is 1. The Balaban J connectivity index is 1.25. The minimum absolute atomic E-state index is 0.154. The predicted octanol–water partition coefficient (Wildman–Crippen LogP) is -16.1. The first kappa shape index (κ1) is 77.5. The fourth-order valence-corrected chi connectivity index (χ4v) is 11.6. The summed E-state index contributed by atoms with van der Waals surface area (Å²) >= 11 is 0. The summed E-state index contributed by atoms with van der Waals surface area (Å²) in [5.74, 6) is -3.40. The van der Waals surface area contributed by atoms with Gasteiger partial charge < -0.3 is 194 Å². The molecule has 0 spiro atoms. The van der Waals surface area contributed by atoms with E-state index >= 15 is 0 Å². The first-order valence-electron chi connectivity index (χ1n) is 29.6. The molecule has 7 saturated heterocycles. The number of ether oxygens (including phenoxy) is 14. The van der Waals surface area contributed by atoms with E-state index in [1.54, 1.807) is 0 Å². The van der Waals surface area contributed by atoms with Crippen LogP contribution in [-0.2, 0) is 80.7 Å². The zero-order valence-corrected chi connectivity index (χ0v) is 50.1. The summed E-state index contributed by atoms with van der Waals surface area (Å²) in [5.41, 5.74) is 0. The second-order valence-corrected chi connectivity index (χ2v) is 23.5. The molecule has 7 rings (SSSR count). The zero-order chi connectivity index (χ0) is 68.9. The lowest BCUT2D eigenvalue weighted by atomic mass is 9.90. The highest BCUT2D eigenvalue weighted by Crippen LogP contribution is 2.39. The molecule has 7 aliphatic rings. The van der Waals surface area contributed by atoms with Crippen molar-refractivity contribution >= 4 is 18.1 Å². The average molecular weight is 1370 g/mol. The molecule has 0 aliphatic carbocycles. The standard InChI is InChI=1S/C52H88N2O39/c1-12-39(87-48-23(53-14(3)61)42(29(69)20(9-59)82-48)90-52-44(34(74)28(68)19(8-58)84-52)92-49-36(76)31(71)25(65)13(2)81-49)30(70)22(86-46(12)88-40(17(64)6-56)26(66)16(63)5-55)11-80-47-24(54-15(4)62)43(91-51-38(78)33(73)35(75)45(79)93-51)41(21(10-60)85-47)89-50-37(77)32(72)27(67)18(7-57)83-50/h5,12-13,16-52,56-60,63-79H,6-11H2,1-4H3,(H,53,61)(H,54,62)/t12-,13+,16+,17-,18-,19-,20-,21-,22-,23-,24-,25-,26-,27+,28+,29-,30+,31-,32+,33-,34+,35+,36+,37-,38+,39-,40?,41-,42?,43-,44-,45-,46+,47-,48+,49+,50+,51-,52+/m1/s1. The molecule has 0 aromatic rings. The van der Waals surface area contributed by atoms with E-state index in [9.17, 15) is 127 Å². The first-order valence-corrected chi connectivity index (χ1v) is 29.6. The third-order valence-corrected chi connectivity index (χ3v) is 17.0. The first-order chi connectivity index (χ1) is 43.9. The maximum absolute atomic E-state index is 13.2. The molecule has 93 heavy (non-hydrogen) atoms. The Labute approximate surface area is 527 Å². The van der Waals surface area contributed by atoms with E-state index in [0.717, 1.165) is 13.8 Å². The summed E-state index contributed by atoms with van der Waals surface area (Å²) in [6, 6.07) is -3.79. The monoisotopic (exact) mass is 1360 g/mol. The Morgan fingerprint density at radius 3 is 1.42 bits per heavy atom. The topological polar surface area (TPSA) is 650 Å². The highest BCUT2D eigenvalue weighted by molar-refractivity contribution is 5.73. The van der Waals surface area contributed by atoms with E-state index in [1.165, 1.54) is 13.8 Å². The second-order valence-electron chi connectivity index (χ2n) is 23.5. The van der Waals surface area contributed by atoms with Crippen LogP contribution in [0.25, 0.3) is 0 Å². The number of aliphatic hydroxyl groups excluding tert-OH is 22. The Morgan fingerprint density at radius 1 is 0.430 bits per heavy atom. The third kappa shape index (κ3) is 17.3. The average Bonchev–Trinajstić information content (AvgIpc) is 0.822. The van der Waals surface area contributed by atoms with Gasteiger partial charge in [-0.3, -0.25) is 9.59 Å². The van der Waals surface area contributed by atoms with Gasteiger partial charge in [-0.25, -0.2) is 0 Å². The van der Waals surface area contributed by atoms with Gasteiger partial charge in [-0.15, -0.1) is 0 Å². The minimum atomic E-state index is -2.36. The number of carbonyl (C=O) groups excluding carboxylic acids is 3. The molecule has 41 nitrogen and oxygen atoms in total. The molecule has 2 amide bonds. The van der Waals surface area contributed by atoms with Crippen LogP contribution >= 0.6 is 0 Å². The van der Waals surface area contributed by atoms with E-state index < -0.39 is 291 Å². The van der Waals surface area contributed by atoms with Gasteiger partial charge in [-0.2, -0.15) is 0 Å². The highest BCUT2D eigenvalue weighted by atomic mass is 16.8. The Kier molecular flexibility index (Phi) is 28.2. The van der Waals surface area contributed by atoms with Gasteiger partial charge in [0.05, 0.1) is 51.8 Å². The molecule has 39 atom stereocenters. The molecule has 24 N–H and O–H groups in total. The maximum atomic E-state index is 13.2. The van der Waals surface area contributed by atoms with Crippen LogP contribution in [0.5, 0.6) is 0 Å². The van der Waals surface area contributed by atoms with Crippen molar-refractivity contribution in [3.05, 3.63) is 0 Å². The van der Waals surface area contributed by atoms with Gasteiger partial charge in [-0.05, 0) is 6.92 Å². The molecular weight excluding hydrogens is 1280 g/mol. The van der Waals surface area contributed by atoms with Gasteiger partial charge in [0.25, 0.3) is 0 Å². The van der Waals surface area contributed by atoms with Gasteiger partial charge in [0.2, 0.25) is 11.8 Å². The lowest BCUT2D eigenvalue weighted by Crippen LogP contribution is -2.70. The van der Waals surface area contributed by atoms with Crippen LogP contribution < -0.4 is 10.6 Å². The molecule has 0 aromatic carbocycles. The Bertz CT molecular complexity index is 2330. The zero-order valence-electron chi connectivity index (χ0n) is 50.1. The van der Waals surface area contributed by atoms with Crippen molar-refractivity contribution in [1.82, 2.24) is 10.6 Å². The van der Waals surface area contributed by atoms with E-state index in [2.05, 4.69) is 10.6 Å². The van der Waals surface area contributed by atoms with E-state index in [1.807, 2.05) is 0 Å². The molecule has 7 aliphatic heterocycles. The third-order valence-electron chi connectivity index (χ3n) is 17.0.